The molecule has 17 heteroatoms. The van der Waals surface area contributed by atoms with Crippen molar-refractivity contribution in [3.63, 3.8) is 0 Å². The van der Waals surface area contributed by atoms with E-state index in [0.717, 1.165) is 0 Å². The van der Waals surface area contributed by atoms with Crippen LogP contribution in [0.2, 0.25) is 0 Å². The van der Waals surface area contributed by atoms with Crippen LogP contribution in [0.4, 0.5) is 0 Å². The summed E-state index contributed by atoms with van der Waals surface area (Å²) in [6, 6.07) is 0. The van der Waals surface area contributed by atoms with Gasteiger partial charge in [0, 0.05) is 17.1 Å². The van der Waals surface area contributed by atoms with Gasteiger partial charge in [-0.3, -0.25) is 9.11 Å². The zero-order valence-electron chi connectivity index (χ0n) is 9.34. The Kier molecular flexibility index (Phi) is 54.4. The molecule has 0 saturated carbocycles. The van der Waals surface area contributed by atoms with Crippen LogP contribution in [0.5, 0.6) is 0 Å². The van der Waals surface area contributed by atoms with Crippen molar-refractivity contribution in [2.45, 2.75) is 0 Å². The molecule has 14 nitrogen and oxygen atoms in total. The molecule has 16 N–H and O–H groups in total. The Balaban J connectivity index is -0.0000000288. The van der Waals surface area contributed by atoms with Gasteiger partial charge in [-0.15, -0.1) is 0 Å². The monoisotopic (exact) mass is 384 g/mol. The van der Waals surface area contributed by atoms with E-state index in [2.05, 4.69) is 8.37 Å². The van der Waals surface area contributed by atoms with Gasteiger partial charge in [0.05, 0.1) is 13.2 Å². The molecule has 0 bridgehead atoms. The van der Waals surface area contributed by atoms with Gasteiger partial charge in [0.1, 0.15) is 0 Å². The van der Waals surface area contributed by atoms with Gasteiger partial charge < -0.3 is 34.2 Å². The van der Waals surface area contributed by atoms with Gasteiger partial charge in [-0.25, -0.2) is 8.37 Å². The van der Waals surface area contributed by atoms with Crippen molar-refractivity contribution in [2.75, 3.05) is 13.2 Å². The molecule has 0 aromatic rings. The summed E-state index contributed by atoms with van der Waals surface area (Å²) in [5.74, 6) is 0. The summed E-state index contributed by atoms with van der Waals surface area (Å²) >= 11 is 0. The van der Waals surface area contributed by atoms with Gasteiger partial charge in [-0.1, -0.05) is 0 Å². The minimum Gasteiger partial charge on any atom is -0.412 e. The van der Waals surface area contributed by atoms with Crippen LogP contribution in [0.15, 0.2) is 0 Å². The van der Waals surface area contributed by atoms with Crippen molar-refractivity contribution in [1.82, 2.24) is 12.3 Å². The topological polar surface area (TPSA) is 323 Å². The summed E-state index contributed by atoms with van der Waals surface area (Å²) in [6.45, 7) is -1.42. The number of hydrogen-bond donors (Lipinski definition) is 4. The second-order valence-corrected chi connectivity index (χ2v) is 3.68. The van der Waals surface area contributed by atoms with Crippen LogP contribution in [-0.2, 0) is 46.2 Å². The molecule has 0 atom stereocenters. The van der Waals surface area contributed by atoms with E-state index in [-0.39, 0.29) is 51.3 Å². The van der Waals surface area contributed by atoms with Crippen LogP contribution < -0.4 is 12.3 Å². The summed E-state index contributed by atoms with van der Waals surface area (Å²) in [4.78, 5) is 0. The van der Waals surface area contributed by atoms with Crippen molar-refractivity contribution < 1.29 is 73.3 Å². The Hall–Kier alpha value is 0.0195. The van der Waals surface area contributed by atoms with E-state index < -0.39 is 34.0 Å². The zero-order valence-corrected chi connectivity index (χ0v) is 12.1. The molecule has 0 aliphatic rings. The molecule has 0 amide bonds. The molecule has 0 saturated heterocycles. The molecular weight excluding hydrogens is 364 g/mol. The standard InChI is InChI=1S/C2H6O8S2.Fe.2H3N.4H2O/c3-11(4,5)9-1-2-10-12(6,7)8;;;;;;;/h1-2H2,(H,3,4,5)(H,6,7,8);;2*1H3;4*1H2. The molecule has 0 aliphatic heterocycles. The molecule has 0 unspecified atom stereocenters. The fraction of sp³-hybridized carbons (Fsp3) is 1.00. The minimum atomic E-state index is -4.60. The summed E-state index contributed by atoms with van der Waals surface area (Å²) in [6.07, 6.45) is 0. The van der Waals surface area contributed by atoms with E-state index in [0.29, 0.717) is 0 Å². The molecule has 19 heavy (non-hydrogen) atoms. The maximum Gasteiger partial charge on any atom is 0.397 e. The second kappa shape index (κ2) is 20.3. The Bertz CT molecular complexity index is 292. The van der Waals surface area contributed by atoms with Crippen molar-refractivity contribution in [3.05, 3.63) is 0 Å². The van der Waals surface area contributed by atoms with Crippen LogP contribution in [0.25, 0.3) is 0 Å². The van der Waals surface area contributed by atoms with Crippen molar-refractivity contribution in [1.29, 1.82) is 0 Å². The molecule has 0 spiro atoms. The summed E-state index contributed by atoms with van der Waals surface area (Å²) in [7, 11) is -9.20. The molecular formula is C2H20FeN2O12S2. The van der Waals surface area contributed by atoms with E-state index in [1.54, 1.807) is 0 Å². The first-order chi connectivity index (χ1) is 5.21. The van der Waals surface area contributed by atoms with Gasteiger partial charge in [0.25, 0.3) is 0 Å². The first-order valence-corrected chi connectivity index (χ1v) is 5.17. The minimum absolute atomic E-state index is 0. The molecule has 130 valence electrons. The number of rotatable bonds is 5. The quantitative estimate of drug-likeness (QED) is 0.200. The molecule has 0 aliphatic carbocycles. The molecule has 0 aromatic heterocycles. The van der Waals surface area contributed by atoms with E-state index >= 15 is 0 Å². The Morgan fingerprint density at radius 1 is 0.684 bits per heavy atom. The molecule has 0 rings (SSSR count). The third-order valence-electron chi connectivity index (χ3n) is 0.548. The zero-order chi connectivity index (χ0) is 9.83. The van der Waals surface area contributed by atoms with Crippen LogP contribution in [0.3, 0.4) is 0 Å². The first-order valence-electron chi connectivity index (χ1n) is 2.44. The maximum atomic E-state index is 9.82. The van der Waals surface area contributed by atoms with Gasteiger partial charge >= 0.3 is 20.8 Å². The molecule has 0 aromatic carbocycles. The average molecular weight is 384 g/mol. The molecule has 0 heterocycles. The van der Waals surface area contributed by atoms with Gasteiger partial charge in [-0.2, -0.15) is 16.8 Å². The Morgan fingerprint density at radius 3 is 0.947 bits per heavy atom. The Labute approximate surface area is 120 Å². The SMILES string of the molecule is N.N.O.O.O.O.O=S(=O)(O)OCCOS(=O)(=O)O.[Fe]. The average Bonchev–Trinajstić information content (AvgIpc) is 1.76. The van der Waals surface area contributed by atoms with Gasteiger partial charge in [0.2, 0.25) is 0 Å². The van der Waals surface area contributed by atoms with Crippen LogP contribution in [0, 0.1) is 0 Å². The van der Waals surface area contributed by atoms with E-state index in [4.69, 9.17) is 9.11 Å². The van der Waals surface area contributed by atoms with E-state index in [9.17, 15) is 16.8 Å². The third kappa shape index (κ3) is 56.8. The predicted octanol–water partition coefficient (Wildman–Crippen LogP) is -4.35. The van der Waals surface area contributed by atoms with Crippen molar-refractivity contribution in [2.24, 2.45) is 0 Å². The molecule has 0 fully saturated rings. The van der Waals surface area contributed by atoms with Gasteiger partial charge in [-0.05, 0) is 0 Å². The fourth-order valence-electron chi connectivity index (χ4n) is 0.279. The summed E-state index contributed by atoms with van der Waals surface area (Å²) in [5.41, 5.74) is 0. The van der Waals surface area contributed by atoms with Crippen LogP contribution in [-0.4, -0.2) is 61.1 Å². The van der Waals surface area contributed by atoms with E-state index in [1.165, 1.54) is 0 Å². The Morgan fingerprint density at radius 2 is 0.842 bits per heavy atom. The second-order valence-electron chi connectivity index (χ2n) is 1.50. The fourth-order valence-corrected chi connectivity index (χ4v) is 0.836. The largest absolute Gasteiger partial charge is 0.412 e. The normalized spacial score (nSPS) is 8.32. The third-order valence-corrected chi connectivity index (χ3v) is 1.48. The summed E-state index contributed by atoms with van der Waals surface area (Å²) < 4.78 is 62.4. The smallest absolute Gasteiger partial charge is 0.397 e. The van der Waals surface area contributed by atoms with Crippen molar-refractivity contribution in [3.8, 4) is 0 Å². The van der Waals surface area contributed by atoms with Gasteiger partial charge in [0.15, 0.2) is 0 Å². The first kappa shape index (κ1) is 50.9. The maximum absolute atomic E-state index is 9.82. The van der Waals surface area contributed by atoms with Crippen molar-refractivity contribution >= 4 is 20.8 Å². The van der Waals surface area contributed by atoms with Crippen LogP contribution >= 0.6 is 0 Å². The summed E-state index contributed by atoms with van der Waals surface area (Å²) in [5, 5.41) is 0. The molecule has 0 radical (unpaired) electrons. The predicted molar refractivity (Wildman–Crippen MR) is 59.5 cm³/mol. The van der Waals surface area contributed by atoms with Crippen LogP contribution in [0.1, 0.15) is 0 Å². The van der Waals surface area contributed by atoms with E-state index in [1.807, 2.05) is 0 Å². The number of hydrogen-bond acceptors (Lipinski definition) is 8.